The van der Waals surface area contributed by atoms with Crippen molar-refractivity contribution in [1.29, 1.82) is 0 Å². The van der Waals surface area contributed by atoms with Crippen LogP contribution in [0.3, 0.4) is 0 Å². The number of aliphatic carboxylic acids is 1. The first kappa shape index (κ1) is 21.6. The number of amides is 1. The summed E-state index contributed by atoms with van der Waals surface area (Å²) in [6.07, 6.45) is 1.76. The summed E-state index contributed by atoms with van der Waals surface area (Å²) in [6, 6.07) is 10.5. The molecule has 0 bridgehead atoms. The Morgan fingerprint density at radius 1 is 1.14 bits per heavy atom. The van der Waals surface area contributed by atoms with E-state index in [1.54, 1.807) is 4.90 Å². The molecule has 0 radical (unpaired) electrons. The Morgan fingerprint density at radius 2 is 1.86 bits per heavy atom. The van der Waals surface area contributed by atoms with Gasteiger partial charge in [0.25, 0.3) is 0 Å². The van der Waals surface area contributed by atoms with Gasteiger partial charge in [-0.05, 0) is 36.8 Å². The Kier molecular flexibility index (Phi) is 7.89. The third-order valence-electron chi connectivity index (χ3n) is 6.40. The summed E-state index contributed by atoms with van der Waals surface area (Å²) in [6.45, 7) is 6.57. The molecule has 2 heterocycles. The molecular weight excluding hydrogens is 370 g/mol. The lowest BCUT2D eigenvalue weighted by Gasteiger charge is -2.40. The number of nitrogens with one attached hydrogen (secondary N) is 1. The molecule has 2 aliphatic rings. The SMILES string of the molecule is COCC(=O)N1CC[C@@H](CC(=O)[O-])[C@@H](CC[NH+]2CCN(c3ccccc3)CC2)C1. The van der Waals surface area contributed by atoms with Gasteiger partial charge in [0.05, 0.1) is 32.7 Å². The monoisotopic (exact) mass is 403 g/mol. The second kappa shape index (κ2) is 10.6. The Balaban J connectivity index is 1.50. The van der Waals surface area contributed by atoms with Crippen molar-refractivity contribution in [2.45, 2.75) is 19.3 Å². The number of quaternary nitrogens is 1. The Labute approximate surface area is 173 Å². The van der Waals surface area contributed by atoms with Gasteiger partial charge in [0, 0.05) is 38.3 Å². The van der Waals surface area contributed by atoms with Gasteiger partial charge < -0.3 is 29.3 Å². The molecule has 2 atom stereocenters. The fraction of sp³-hybridized carbons (Fsp3) is 0.636. The van der Waals surface area contributed by atoms with Crippen molar-refractivity contribution in [1.82, 2.24) is 4.90 Å². The zero-order valence-corrected chi connectivity index (χ0v) is 17.3. The van der Waals surface area contributed by atoms with Gasteiger partial charge in [-0.1, -0.05) is 18.2 Å². The van der Waals surface area contributed by atoms with E-state index in [0.717, 1.165) is 45.6 Å². The van der Waals surface area contributed by atoms with Crippen molar-refractivity contribution in [3.63, 3.8) is 0 Å². The van der Waals surface area contributed by atoms with Crippen LogP contribution in [0.25, 0.3) is 0 Å². The number of para-hydroxylation sites is 1. The molecule has 7 heteroatoms. The number of ether oxygens (including phenoxy) is 1. The number of methoxy groups -OCH3 is 1. The highest BCUT2D eigenvalue weighted by atomic mass is 16.5. The highest BCUT2D eigenvalue weighted by molar-refractivity contribution is 5.77. The summed E-state index contributed by atoms with van der Waals surface area (Å²) < 4.78 is 4.98. The number of carboxylic acids is 1. The van der Waals surface area contributed by atoms with Gasteiger partial charge in [0.2, 0.25) is 5.91 Å². The van der Waals surface area contributed by atoms with Crippen LogP contribution in [0.2, 0.25) is 0 Å². The molecule has 1 aromatic carbocycles. The lowest BCUT2D eigenvalue weighted by Crippen LogP contribution is -3.15. The Bertz CT molecular complexity index is 661. The lowest BCUT2D eigenvalue weighted by molar-refractivity contribution is -0.901. The first-order valence-corrected chi connectivity index (χ1v) is 10.7. The number of nitrogens with zero attached hydrogens (tertiary/aromatic N) is 2. The normalized spacial score (nSPS) is 23.2. The predicted octanol–water partition coefficient (Wildman–Crippen LogP) is -0.967. The van der Waals surface area contributed by atoms with Crippen LogP contribution in [-0.4, -0.2) is 76.3 Å². The number of anilines is 1. The van der Waals surface area contributed by atoms with Crippen molar-refractivity contribution in [2.75, 3.05) is 64.4 Å². The molecule has 1 N–H and O–H groups in total. The maximum atomic E-state index is 12.2. The Morgan fingerprint density at radius 3 is 2.52 bits per heavy atom. The average Bonchev–Trinajstić information content (AvgIpc) is 2.74. The molecule has 0 spiro atoms. The molecule has 7 nitrogen and oxygen atoms in total. The van der Waals surface area contributed by atoms with Gasteiger partial charge in [-0.2, -0.15) is 0 Å². The van der Waals surface area contributed by atoms with Crippen LogP contribution in [0, 0.1) is 11.8 Å². The summed E-state index contributed by atoms with van der Waals surface area (Å²) in [5.41, 5.74) is 1.28. The molecule has 2 aliphatic heterocycles. The largest absolute Gasteiger partial charge is 0.550 e. The van der Waals surface area contributed by atoms with Gasteiger partial charge >= 0.3 is 0 Å². The highest BCUT2D eigenvalue weighted by Crippen LogP contribution is 2.28. The van der Waals surface area contributed by atoms with E-state index in [1.807, 2.05) is 11.0 Å². The molecule has 0 unspecified atom stereocenters. The van der Waals surface area contributed by atoms with Crippen molar-refractivity contribution in [2.24, 2.45) is 11.8 Å². The van der Waals surface area contributed by atoms with Crippen LogP contribution in [0.5, 0.6) is 0 Å². The van der Waals surface area contributed by atoms with Crippen molar-refractivity contribution >= 4 is 17.6 Å². The summed E-state index contributed by atoms with van der Waals surface area (Å²) >= 11 is 0. The first-order chi connectivity index (χ1) is 14.1. The van der Waals surface area contributed by atoms with E-state index in [2.05, 4.69) is 29.2 Å². The number of hydrogen-bond acceptors (Lipinski definition) is 5. The van der Waals surface area contributed by atoms with E-state index < -0.39 is 5.97 Å². The molecule has 3 rings (SSSR count). The van der Waals surface area contributed by atoms with E-state index >= 15 is 0 Å². The second-order valence-corrected chi connectivity index (χ2v) is 8.27. The fourth-order valence-corrected chi connectivity index (χ4v) is 4.69. The van der Waals surface area contributed by atoms with Crippen LogP contribution in [0.1, 0.15) is 19.3 Å². The van der Waals surface area contributed by atoms with Gasteiger partial charge in [-0.25, -0.2) is 0 Å². The third-order valence-corrected chi connectivity index (χ3v) is 6.40. The fourth-order valence-electron chi connectivity index (χ4n) is 4.69. The van der Waals surface area contributed by atoms with Gasteiger partial charge in [-0.15, -0.1) is 0 Å². The topological polar surface area (TPSA) is 77.3 Å². The van der Waals surface area contributed by atoms with Crippen LogP contribution in [0.4, 0.5) is 5.69 Å². The molecule has 0 aliphatic carbocycles. The number of rotatable bonds is 8. The zero-order valence-electron chi connectivity index (χ0n) is 17.3. The number of piperidine rings is 1. The van der Waals surface area contributed by atoms with E-state index in [1.165, 1.54) is 12.8 Å². The number of piperazine rings is 1. The van der Waals surface area contributed by atoms with E-state index in [-0.39, 0.29) is 30.8 Å². The summed E-state index contributed by atoms with van der Waals surface area (Å²) in [5.74, 6) is -0.688. The van der Waals surface area contributed by atoms with E-state index in [0.29, 0.717) is 13.1 Å². The first-order valence-electron chi connectivity index (χ1n) is 10.7. The van der Waals surface area contributed by atoms with E-state index in [4.69, 9.17) is 4.74 Å². The molecule has 2 fully saturated rings. The minimum Gasteiger partial charge on any atom is -0.550 e. The van der Waals surface area contributed by atoms with Crippen LogP contribution in [-0.2, 0) is 14.3 Å². The van der Waals surface area contributed by atoms with Crippen molar-refractivity contribution in [3.05, 3.63) is 30.3 Å². The molecule has 1 aromatic rings. The number of hydrogen-bond donors (Lipinski definition) is 1. The second-order valence-electron chi connectivity index (χ2n) is 8.27. The number of benzene rings is 1. The van der Waals surface area contributed by atoms with Gasteiger partial charge in [0.15, 0.2) is 0 Å². The summed E-state index contributed by atoms with van der Waals surface area (Å²) in [4.78, 5) is 29.2. The van der Waals surface area contributed by atoms with Crippen molar-refractivity contribution < 1.29 is 24.3 Å². The van der Waals surface area contributed by atoms with Crippen LogP contribution >= 0.6 is 0 Å². The predicted molar refractivity (Wildman–Crippen MR) is 109 cm³/mol. The smallest absolute Gasteiger partial charge is 0.248 e. The number of likely N-dealkylation sites (tertiary alicyclic amines) is 1. The number of carboxylic acid groups (broad SMARTS) is 1. The average molecular weight is 404 g/mol. The standard InChI is InChI=1S/C22H33N3O4/c1-29-17-21(26)25-10-8-18(15-22(27)28)19(16-25)7-9-23-11-13-24(14-12-23)20-5-3-2-4-6-20/h2-6,18-19H,7-17H2,1H3,(H,27,28)/t18-,19-/m0/s1. The minimum atomic E-state index is -0.986. The summed E-state index contributed by atoms with van der Waals surface area (Å²) in [7, 11) is 1.52. The quantitative estimate of drug-likeness (QED) is 0.605. The molecular formula is C22H33N3O4. The minimum absolute atomic E-state index is 0.00628. The maximum absolute atomic E-state index is 12.2. The molecule has 0 aromatic heterocycles. The van der Waals surface area contributed by atoms with Gasteiger partial charge in [-0.3, -0.25) is 4.79 Å². The lowest BCUT2D eigenvalue weighted by atomic mass is 9.81. The molecule has 0 saturated carbocycles. The third kappa shape index (κ3) is 6.18. The van der Waals surface area contributed by atoms with E-state index in [9.17, 15) is 14.7 Å². The molecule has 29 heavy (non-hydrogen) atoms. The highest BCUT2D eigenvalue weighted by Gasteiger charge is 2.32. The number of carbonyl (C=O) groups excluding carboxylic acids is 2. The number of carbonyl (C=O) groups is 2. The van der Waals surface area contributed by atoms with Gasteiger partial charge in [0.1, 0.15) is 6.61 Å². The Hall–Kier alpha value is -2.12. The molecule has 160 valence electrons. The van der Waals surface area contributed by atoms with Crippen LogP contribution < -0.4 is 14.9 Å². The van der Waals surface area contributed by atoms with Crippen LogP contribution in [0.15, 0.2) is 30.3 Å². The zero-order chi connectivity index (χ0) is 20.6. The van der Waals surface area contributed by atoms with Crippen molar-refractivity contribution in [3.8, 4) is 0 Å². The summed E-state index contributed by atoms with van der Waals surface area (Å²) in [5, 5.41) is 11.2. The molecule has 2 saturated heterocycles. The molecule has 1 amide bonds. The maximum Gasteiger partial charge on any atom is 0.248 e.